The highest BCUT2D eigenvalue weighted by Gasteiger charge is 2.34. The van der Waals surface area contributed by atoms with E-state index >= 15 is 0 Å². The molecule has 0 radical (unpaired) electrons. The van der Waals surface area contributed by atoms with Crippen LogP contribution in [-0.4, -0.2) is 22.9 Å². The highest BCUT2D eigenvalue weighted by atomic mass is 19.4. The highest BCUT2D eigenvalue weighted by molar-refractivity contribution is 5.65. The number of ether oxygens (including phenoxy) is 1. The SMILES string of the molecule is CCNc1nc(Nc2ccccc2OC(F)(F)F)cc(C(F)(F)F)n1. The number of nitrogens with one attached hydrogen (secondary N) is 2. The Morgan fingerprint density at radius 3 is 2.32 bits per heavy atom. The Hall–Kier alpha value is -2.72. The fourth-order valence-electron chi connectivity index (χ4n) is 1.82. The summed E-state index contributed by atoms with van der Waals surface area (Å²) in [5.41, 5.74) is -1.44. The maximum absolute atomic E-state index is 12.9. The molecule has 0 atom stereocenters. The standard InChI is InChI=1S/C14H12F6N4O/c1-2-21-12-23-10(13(15,16)17)7-11(24-12)22-8-5-3-4-6-9(8)25-14(18,19)20/h3-7H,2H2,1H3,(H2,21,22,23,24). The first-order valence-corrected chi connectivity index (χ1v) is 6.90. The third-order valence-electron chi connectivity index (χ3n) is 2.73. The molecule has 0 aliphatic rings. The molecule has 2 N–H and O–H groups in total. The van der Waals surface area contributed by atoms with Crippen LogP contribution < -0.4 is 15.4 Å². The average molecular weight is 366 g/mol. The third-order valence-corrected chi connectivity index (χ3v) is 2.73. The first-order chi connectivity index (χ1) is 11.6. The smallest absolute Gasteiger partial charge is 0.404 e. The molecule has 2 aromatic rings. The van der Waals surface area contributed by atoms with Gasteiger partial charge < -0.3 is 15.4 Å². The van der Waals surface area contributed by atoms with Crippen LogP contribution in [0.4, 0.5) is 43.8 Å². The van der Waals surface area contributed by atoms with Gasteiger partial charge in [0, 0.05) is 12.6 Å². The molecule has 1 heterocycles. The minimum absolute atomic E-state index is 0.200. The molecule has 136 valence electrons. The normalized spacial score (nSPS) is 12.0. The maximum atomic E-state index is 12.9. The largest absolute Gasteiger partial charge is 0.573 e. The number of rotatable bonds is 5. The molecule has 0 fully saturated rings. The Morgan fingerprint density at radius 2 is 1.72 bits per heavy atom. The van der Waals surface area contributed by atoms with Crippen LogP contribution in [0.25, 0.3) is 0 Å². The first kappa shape index (κ1) is 18.6. The first-order valence-electron chi connectivity index (χ1n) is 6.90. The lowest BCUT2D eigenvalue weighted by Crippen LogP contribution is -2.18. The Balaban J connectivity index is 2.38. The van der Waals surface area contributed by atoms with Crippen molar-refractivity contribution < 1.29 is 31.1 Å². The monoisotopic (exact) mass is 366 g/mol. The van der Waals surface area contributed by atoms with Gasteiger partial charge in [0.2, 0.25) is 5.95 Å². The van der Waals surface area contributed by atoms with Crippen molar-refractivity contribution in [2.24, 2.45) is 0 Å². The van der Waals surface area contributed by atoms with Crippen molar-refractivity contribution in [3.63, 3.8) is 0 Å². The number of alkyl halides is 6. The second-order valence-electron chi connectivity index (χ2n) is 4.66. The number of aromatic nitrogens is 2. The van der Waals surface area contributed by atoms with Crippen molar-refractivity contribution >= 4 is 17.5 Å². The van der Waals surface area contributed by atoms with E-state index in [1.165, 1.54) is 18.2 Å². The molecule has 0 saturated heterocycles. The van der Waals surface area contributed by atoms with Crippen LogP contribution in [0.2, 0.25) is 0 Å². The zero-order valence-corrected chi connectivity index (χ0v) is 12.7. The average Bonchev–Trinajstić information content (AvgIpc) is 2.47. The molecule has 0 aliphatic heterocycles. The van der Waals surface area contributed by atoms with Gasteiger partial charge in [0.05, 0.1) is 5.69 Å². The quantitative estimate of drug-likeness (QED) is 0.760. The van der Waals surface area contributed by atoms with Gasteiger partial charge in [-0.15, -0.1) is 13.2 Å². The van der Waals surface area contributed by atoms with Gasteiger partial charge in [0.1, 0.15) is 5.82 Å². The Labute approximate surface area is 138 Å². The van der Waals surface area contributed by atoms with E-state index in [4.69, 9.17) is 0 Å². The molecule has 1 aromatic carbocycles. The number of nitrogens with zero attached hydrogens (tertiary/aromatic N) is 2. The number of halogens is 6. The van der Waals surface area contributed by atoms with E-state index in [-0.39, 0.29) is 24.0 Å². The molecule has 2 rings (SSSR count). The van der Waals surface area contributed by atoms with Gasteiger partial charge in [-0.1, -0.05) is 12.1 Å². The molecule has 0 saturated carbocycles. The number of para-hydroxylation sites is 2. The topological polar surface area (TPSA) is 59.1 Å². The summed E-state index contributed by atoms with van der Waals surface area (Å²) in [5.74, 6) is -1.25. The molecule has 0 unspecified atom stereocenters. The van der Waals surface area contributed by atoms with Gasteiger partial charge in [-0.25, -0.2) is 4.98 Å². The van der Waals surface area contributed by atoms with E-state index in [9.17, 15) is 26.3 Å². The molecule has 11 heteroatoms. The van der Waals surface area contributed by atoms with Gasteiger partial charge in [-0.3, -0.25) is 0 Å². The summed E-state index contributed by atoms with van der Waals surface area (Å²) < 4.78 is 79.8. The molecule has 1 aromatic heterocycles. The van der Waals surface area contributed by atoms with Crippen LogP contribution in [0, 0.1) is 0 Å². The Bertz CT molecular complexity index is 732. The lowest BCUT2D eigenvalue weighted by Gasteiger charge is -2.15. The highest BCUT2D eigenvalue weighted by Crippen LogP contribution is 2.34. The number of anilines is 3. The number of benzene rings is 1. The van der Waals surface area contributed by atoms with Gasteiger partial charge in [-0.2, -0.15) is 18.2 Å². The van der Waals surface area contributed by atoms with Crippen molar-refractivity contribution in [1.29, 1.82) is 0 Å². The van der Waals surface area contributed by atoms with Crippen LogP contribution in [0.1, 0.15) is 12.6 Å². The predicted octanol–water partition coefficient (Wildman–Crippen LogP) is 4.57. The summed E-state index contributed by atoms with van der Waals surface area (Å²) in [6.07, 6.45) is -9.69. The summed E-state index contributed by atoms with van der Waals surface area (Å²) in [7, 11) is 0. The summed E-state index contributed by atoms with van der Waals surface area (Å²) in [5, 5.41) is 4.92. The van der Waals surface area contributed by atoms with Crippen LogP contribution in [0.3, 0.4) is 0 Å². The van der Waals surface area contributed by atoms with Crippen molar-refractivity contribution in [3.8, 4) is 5.75 Å². The minimum atomic E-state index is -4.95. The lowest BCUT2D eigenvalue weighted by atomic mass is 10.3. The van der Waals surface area contributed by atoms with Crippen LogP contribution >= 0.6 is 0 Å². The number of hydrogen-bond acceptors (Lipinski definition) is 5. The Morgan fingerprint density at radius 1 is 1.04 bits per heavy atom. The van der Waals surface area contributed by atoms with Gasteiger partial charge in [0.25, 0.3) is 0 Å². The number of hydrogen-bond donors (Lipinski definition) is 2. The van der Waals surface area contributed by atoms with E-state index in [1.807, 2.05) is 0 Å². The molecular weight excluding hydrogens is 354 g/mol. The van der Waals surface area contributed by atoms with Crippen LogP contribution in [-0.2, 0) is 6.18 Å². The molecule has 0 bridgehead atoms. The summed E-state index contributed by atoms with van der Waals surface area (Å²) in [6, 6.07) is 5.50. The van der Waals surface area contributed by atoms with Crippen LogP contribution in [0.5, 0.6) is 5.75 Å². The second-order valence-corrected chi connectivity index (χ2v) is 4.66. The summed E-state index contributed by atoms with van der Waals surface area (Å²) >= 11 is 0. The fourth-order valence-corrected chi connectivity index (χ4v) is 1.82. The van der Waals surface area contributed by atoms with Crippen molar-refractivity contribution in [3.05, 3.63) is 36.0 Å². The van der Waals surface area contributed by atoms with E-state index in [2.05, 4.69) is 25.3 Å². The predicted molar refractivity (Wildman–Crippen MR) is 77.6 cm³/mol. The van der Waals surface area contributed by atoms with Crippen molar-refractivity contribution in [2.45, 2.75) is 19.5 Å². The minimum Gasteiger partial charge on any atom is -0.404 e. The molecule has 25 heavy (non-hydrogen) atoms. The molecule has 0 aliphatic carbocycles. The molecular formula is C14H12F6N4O. The van der Waals surface area contributed by atoms with E-state index in [0.29, 0.717) is 6.07 Å². The van der Waals surface area contributed by atoms with E-state index in [0.717, 1.165) is 6.07 Å². The lowest BCUT2D eigenvalue weighted by molar-refractivity contribution is -0.274. The van der Waals surface area contributed by atoms with Gasteiger partial charge >= 0.3 is 12.5 Å². The molecule has 0 amide bonds. The maximum Gasteiger partial charge on any atom is 0.573 e. The van der Waals surface area contributed by atoms with Crippen molar-refractivity contribution in [1.82, 2.24) is 9.97 Å². The zero-order valence-electron chi connectivity index (χ0n) is 12.7. The third kappa shape index (κ3) is 5.40. The van der Waals surface area contributed by atoms with Crippen LogP contribution in [0.15, 0.2) is 30.3 Å². The fraction of sp³-hybridized carbons (Fsp3) is 0.286. The molecule has 0 spiro atoms. The zero-order chi connectivity index (χ0) is 18.7. The van der Waals surface area contributed by atoms with Crippen molar-refractivity contribution in [2.75, 3.05) is 17.2 Å². The van der Waals surface area contributed by atoms with Gasteiger partial charge in [0.15, 0.2) is 11.4 Å². The van der Waals surface area contributed by atoms with E-state index in [1.54, 1.807) is 6.92 Å². The summed E-state index contributed by atoms with van der Waals surface area (Å²) in [6.45, 7) is 1.89. The summed E-state index contributed by atoms with van der Waals surface area (Å²) in [4.78, 5) is 7.12. The molecule has 5 nitrogen and oxygen atoms in total. The Kier molecular flexibility index (Phi) is 5.24. The van der Waals surface area contributed by atoms with Gasteiger partial charge in [-0.05, 0) is 19.1 Å². The van der Waals surface area contributed by atoms with E-state index < -0.39 is 24.0 Å². The second kappa shape index (κ2) is 7.03.